The van der Waals surface area contributed by atoms with Gasteiger partial charge in [-0.1, -0.05) is 47.5 Å². The zero-order valence-corrected chi connectivity index (χ0v) is 16.6. The van der Waals surface area contributed by atoms with Gasteiger partial charge in [0, 0.05) is 33.2 Å². The van der Waals surface area contributed by atoms with Crippen LogP contribution in [0.1, 0.15) is 39.5 Å². The summed E-state index contributed by atoms with van der Waals surface area (Å²) in [6.07, 6.45) is 0.631. The predicted molar refractivity (Wildman–Crippen MR) is 109 cm³/mol. The maximum atomic E-state index is 12.0. The Labute approximate surface area is 168 Å². The molecule has 0 radical (unpaired) electrons. The molecule has 0 aromatic heterocycles. The third-order valence-electron chi connectivity index (χ3n) is 5.13. The molecule has 0 saturated carbocycles. The number of hydrogen-bond acceptors (Lipinski definition) is 2. The highest BCUT2D eigenvalue weighted by Gasteiger charge is 2.43. The van der Waals surface area contributed by atoms with E-state index in [1.54, 1.807) is 6.92 Å². The Hall–Kier alpha value is -2.29. The molecule has 136 valence electrons. The van der Waals surface area contributed by atoms with Gasteiger partial charge in [-0.25, -0.2) is 0 Å². The maximum Gasteiger partial charge on any atom is 0.163 e. The number of carbonyl (C=O) groups is 1. The smallest absolute Gasteiger partial charge is 0.163 e. The Kier molecular flexibility index (Phi) is 4.49. The van der Waals surface area contributed by atoms with Crippen molar-refractivity contribution in [3.8, 4) is 5.75 Å². The minimum Gasteiger partial charge on any atom is -0.477 e. The van der Waals surface area contributed by atoms with E-state index in [1.165, 1.54) is 0 Å². The highest BCUT2D eigenvalue weighted by Crippen LogP contribution is 2.47. The van der Waals surface area contributed by atoms with Crippen molar-refractivity contribution in [1.82, 2.24) is 0 Å². The number of Topliss-reactive ketones (excluding diaryl/α,β-unsaturated/α-hetero) is 1. The number of aryl methyl sites for hydroxylation is 1. The predicted octanol–water partition coefficient (Wildman–Crippen LogP) is 6.38. The van der Waals surface area contributed by atoms with Gasteiger partial charge < -0.3 is 4.74 Å². The molecule has 1 heterocycles. The van der Waals surface area contributed by atoms with Crippen LogP contribution in [0.2, 0.25) is 10.0 Å². The van der Waals surface area contributed by atoms with E-state index < -0.39 is 5.60 Å². The van der Waals surface area contributed by atoms with Gasteiger partial charge in [0.05, 0.1) is 0 Å². The van der Waals surface area contributed by atoms with Gasteiger partial charge in [0.2, 0.25) is 0 Å². The monoisotopic (exact) mass is 396 g/mol. The summed E-state index contributed by atoms with van der Waals surface area (Å²) in [7, 11) is 0. The van der Waals surface area contributed by atoms with Crippen LogP contribution in [0.15, 0.2) is 60.7 Å². The van der Waals surface area contributed by atoms with Crippen LogP contribution in [-0.4, -0.2) is 5.78 Å². The lowest BCUT2D eigenvalue weighted by molar-refractivity contribution is 0.101. The first kappa shape index (κ1) is 18.1. The van der Waals surface area contributed by atoms with Crippen molar-refractivity contribution in [2.75, 3.05) is 0 Å². The standard InChI is InChI=1S/C23H18Cl2O2/c1-14-11-22-16(12-21(14)15(2)26)13-23(27-22,17-3-7-19(24)8-4-17)18-5-9-20(25)10-6-18/h3-12H,13H2,1-2H3. The van der Waals surface area contributed by atoms with Gasteiger partial charge in [-0.15, -0.1) is 0 Å². The van der Waals surface area contributed by atoms with E-state index in [0.29, 0.717) is 16.5 Å². The number of hydrogen-bond donors (Lipinski definition) is 0. The molecule has 4 heteroatoms. The van der Waals surface area contributed by atoms with Crippen LogP contribution in [0.25, 0.3) is 0 Å². The van der Waals surface area contributed by atoms with Crippen molar-refractivity contribution in [3.05, 3.63) is 98.5 Å². The summed E-state index contributed by atoms with van der Waals surface area (Å²) in [5, 5.41) is 1.35. The molecule has 0 amide bonds. The van der Waals surface area contributed by atoms with Gasteiger partial charge in [0.1, 0.15) is 5.75 Å². The summed E-state index contributed by atoms with van der Waals surface area (Å²) in [5.41, 5.74) is 4.01. The molecular formula is C23H18Cl2O2. The van der Waals surface area contributed by atoms with E-state index in [4.69, 9.17) is 27.9 Å². The second-order valence-electron chi connectivity index (χ2n) is 6.95. The molecule has 4 rings (SSSR count). The molecule has 2 nitrogen and oxygen atoms in total. The minimum absolute atomic E-state index is 0.0609. The number of fused-ring (bicyclic) bond motifs is 1. The van der Waals surface area contributed by atoms with Crippen molar-refractivity contribution in [1.29, 1.82) is 0 Å². The summed E-state index contributed by atoms with van der Waals surface area (Å²) < 4.78 is 6.56. The molecule has 3 aromatic rings. The topological polar surface area (TPSA) is 26.3 Å². The highest BCUT2D eigenvalue weighted by atomic mass is 35.5. The van der Waals surface area contributed by atoms with Crippen molar-refractivity contribution in [3.63, 3.8) is 0 Å². The Balaban J connectivity index is 1.89. The molecular weight excluding hydrogens is 379 g/mol. The SMILES string of the molecule is CC(=O)c1cc2c(cc1C)OC(c1ccc(Cl)cc1)(c1ccc(Cl)cc1)C2. The maximum absolute atomic E-state index is 12.0. The fourth-order valence-corrected chi connectivity index (χ4v) is 4.01. The average Bonchev–Trinajstić information content (AvgIpc) is 3.01. The van der Waals surface area contributed by atoms with Crippen LogP contribution < -0.4 is 4.74 Å². The molecule has 3 aromatic carbocycles. The lowest BCUT2D eigenvalue weighted by atomic mass is 9.82. The molecule has 0 N–H and O–H groups in total. The first-order valence-corrected chi connectivity index (χ1v) is 9.50. The first-order valence-electron chi connectivity index (χ1n) is 8.74. The molecule has 0 atom stereocenters. The lowest BCUT2D eigenvalue weighted by Gasteiger charge is -2.30. The second kappa shape index (κ2) is 6.70. The second-order valence-corrected chi connectivity index (χ2v) is 7.82. The fraction of sp³-hybridized carbons (Fsp3) is 0.174. The number of rotatable bonds is 3. The van der Waals surface area contributed by atoms with Gasteiger partial charge in [-0.05, 0) is 61.4 Å². The third kappa shape index (κ3) is 3.13. The normalized spacial score (nSPS) is 14.5. The third-order valence-corrected chi connectivity index (χ3v) is 5.64. The van der Waals surface area contributed by atoms with E-state index in [-0.39, 0.29) is 5.78 Å². The summed E-state index contributed by atoms with van der Waals surface area (Å²) in [6.45, 7) is 3.53. The average molecular weight is 397 g/mol. The summed E-state index contributed by atoms with van der Waals surface area (Å²) in [4.78, 5) is 12.0. The summed E-state index contributed by atoms with van der Waals surface area (Å²) in [5.74, 6) is 0.869. The highest BCUT2D eigenvalue weighted by molar-refractivity contribution is 6.30. The van der Waals surface area contributed by atoms with Crippen LogP contribution in [0.3, 0.4) is 0 Å². The largest absolute Gasteiger partial charge is 0.477 e. The Morgan fingerprint density at radius 1 is 0.926 bits per heavy atom. The van der Waals surface area contributed by atoms with E-state index in [9.17, 15) is 4.79 Å². The number of halogens is 2. The zero-order valence-electron chi connectivity index (χ0n) is 15.1. The molecule has 1 aliphatic rings. The number of ether oxygens (including phenoxy) is 1. The minimum atomic E-state index is -0.681. The molecule has 0 bridgehead atoms. The van der Waals surface area contributed by atoms with Crippen LogP contribution in [0.5, 0.6) is 5.75 Å². The summed E-state index contributed by atoms with van der Waals surface area (Å²) in [6, 6.07) is 19.3. The summed E-state index contributed by atoms with van der Waals surface area (Å²) >= 11 is 12.2. The van der Waals surface area contributed by atoms with Gasteiger partial charge in [0.15, 0.2) is 11.4 Å². The number of carbonyl (C=O) groups excluding carboxylic acids is 1. The van der Waals surface area contributed by atoms with Gasteiger partial charge >= 0.3 is 0 Å². The first-order chi connectivity index (χ1) is 12.9. The molecule has 0 spiro atoms. The van der Waals surface area contributed by atoms with Gasteiger partial charge in [-0.3, -0.25) is 4.79 Å². The van der Waals surface area contributed by atoms with Crippen molar-refractivity contribution in [2.45, 2.75) is 25.9 Å². The van der Waals surface area contributed by atoms with E-state index in [2.05, 4.69) is 0 Å². The van der Waals surface area contributed by atoms with Crippen molar-refractivity contribution >= 4 is 29.0 Å². The quantitative estimate of drug-likeness (QED) is 0.479. The number of ketones is 1. The van der Waals surface area contributed by atoms with Crippen LogP contribution in [-0.2, 0) is 12.0 Å². The van der Waals surface area contributed by atoms with Gasteiger partial charge in [-0.2, -0.15) is 0 Å². The number of benzene rings is 3. The molecule has 0 unspecified atom stereocenters. The molecule has 27 heavy (non-hydrogen) atoms. The fourth-order valence-electron chi connectivity index (χ4n) is 3.76. The molecule has 1 aliphatic heterocycles. The van der Waals surface area contributed by atoms with Crippen LogP contribution in [0.4, 0.5) is 0 Å². The Morgan fingerprint density at radius 3 is 1.93 bits per heavy atom. The van der Waals surface area contributed by atoms with E-state index >= 15 is 0 Å². The molecule has 0 aliphatic carbocycles. The van der Waals surface area contributed by atoms with Gasteiger partial charge in [0.25, 0.3) is 0 Å². The van der Waals surface area contributed by atoms with Crippen molar-refractivity contribution in [2.24, 2.45) is 0 Å². The zero-order chi connectivity index (χ0) is 19.2. The molecule has 0 fully saturated rings. The Morgan fingerprint density at radius 2 is 1.44 bits per heavy atom. The van der Waals surface area contributed by atoms with Crippen LogP contribution >= 0.6 is 23.2 Å². The lowest BCUT2D eigenvalue weighted by Crippen LogP contribution is -2.32. The Bertz CT molecular complexity index is 976. The van der Waals surface area contributed by atoms with Crippen molar-refractivity contribution < 1.29 is 9.53 Å². The van der Waals surface area contributed by atoms with E-state index in [1.807, 2.05) is 67.6 Å². The van der Waals surface area contributed by atoms with E-state index in [0.717, 1.165) is 33.6 Å². The van der Waals surface area contributed by atoms with Crippen LogP contribution in [0, 0.1) is 6.92 Å². The molecule has 0 saturated heterocycles.